The van der Waals surface area contributed by atoms with Crippen LogP contribution in [0.3, 0.4) is 0 Å². The summed E-state index contributed by atoms with van der Waals surface area (Å²) in [5.41, 5.74) is 0. The fourth-order valence-corrected chi connectivity index (χ4v) is 2.40. The smallest absolute Gasteiger partial charge is 0.245 e. The Bertz CT molecular complexity index is 334. The number of hydrogen-bond donors (Lipinski definition) is 2. The van der Waals surface area contributed by atoms with Gasteiger partial charge in [0.2, 0.25) is 5.88 Å². The molecule has 1 aromatic rings. The first-order valence-electron chi connectivity index (χ1n) is 5.19. The van der Waals surface area contributed by atoms with Crippen molar-refractivity contribution in [2.24, 2.45) is 0 Å². The summed E-state index contributed by atoms with van der Waals surface area (Å²) in [5, 5.41) is 12.7. The third-order valence-electron chi connectivity index (χ3n) is 1.95. The highest BCUT2D eigenvalue weighted by Crippen LogP contribution is 2.05. The van der Waals surface area contributed by atoms with Gasteiger partial charge in [-0.1, -0.05) is 0 Å². The van der Waals surface area contributed by atoms with Gasteiger partial charge in [-0.2, -0.15) is 4.37 Å². The van der Waals surface area contributed by atoms with Crippen molar-refractivity contribution in [3.8, 4) is 5.88 Å². The molecule has 0 bridgehead atoms. The molecule has 0 fully saturated rings. The van der Waals surface area contributed by atoms with Crippen LogP contribution in [0.1, 0.15) is 6.92 Å². The Labute approximate surface area is 107 Å². The number of rotatable bonds is 8. The maximum absolute atomic E-state index is 10.9. The van der Waals surface area contributed by atoms with Crippen LogP contribution in [0.25, 0.3) is 0 Å². The van der Waals surface area contributed by atoms with Gasteiger partial charge in [-0.15, -0.1) is 4.37 Å². The first kappa shape index (κ1) is 14.5. The molecule has 17 heavy (non-hydrogen) atoms. The number of aromatic nitrogens is 2. The van der Waals surface area contributed by atoms with Crippen molar-refractivity contribution in [1.82, 2.24) is 14.1 Å². The van der Waals surface area contributed by atoms with Crippen LogP contribution in [0.5, 0.6) is 5.88 Å². The molecule has 2 N–H and O–H groups in total. The topological polar surface area (TPSA) is 84.3 Å². The van der Waals surface area contributed by atoms with E-state index in [1.54, 1.807) is 6.26 Å². The van der Waals surface area contributed by atoms with Crippen molar-refractivity contribution in [2.75, 3.05) is 25.2 Å². The third-order valence-corrected chi connectivity index (χ3v) is 3.38. The van der Waals surface area contributed by atoms with Crippen LogP contribution in [-0.2, 0) is 10.8 Å². The number of ether oxygens (including phenoxy) is 1. The van der Waals surface area contributed by atoms with Crippen molar-refractivity contribution in [3.63, 3.8) is 0 Å². The SMILES string of the molecule is CC(CS(C)=O)NCC(O)COc1cnsn1. The summed E-state index contributed by atoms with van der Waals surface area (Å²) in [6.07, 6.45) is 2.55. The molecule has 0 amide bonds. The van der Waals surface area contributed by atoms with Gasteiger partial charge >= 0.3 is 0 Å². The van der Waals surface area contributed by atoms with E-state index in [0.717, 1.165) is 11.7 Å². The number of aliphatic hydroxyl groups excluding tert-OH is 1. The van der Waals surface area contributed by atoms with Gasteiger partial charge < -0.3 is 15.2 Å². The number of aliphatic hydroxyl groups is 1. The Morgan fingerprint density at radius 3 is 3.06 bits per heavy atom. The minimum Gasteiger partial charge on any atom is -0.473 e. The summed E-state index contributed by atoms with van der Waals surface area (Å²) in [5.74, 6) is 1.00. The van der Waals surface area contributed by atoms with Crippen molar-refractivity contribution < 1.29 is 14.1 Å². The molecule has 0 saturated heterocycles. The van der Waals surface area contributed by atoms with Crippen LogP contribution in [-0.4, -0.2) is 55.4 Å². The predicted molar refractivity (Wildman–Crippen MR) is 67.8 cm³/mol. The van der Waals surface area contributed by atoms with Crippen LogP contribution < -0.4 is 10.1 Å². The van der Waals surface area contributed by atoms with Crippen molar-refractivity contribution in [2.45, 2.75) is 19.1 Å². The minimum atomic E-state index is -0.831. The molecule has 0 aliphatic carbocycles. The molecular formula is C9H17N3O3S2. The van der Waals surface area contributed by atoms with Crippen LogP contribution in [0.15, 0.2) is 6.20 Å². The Morgan fingerprint density at radius 1 is 1.71 bits per heavy atom. The van der Waals surface area contributed by atoms with Crippen LogP contribution in [0, 0.1) is 0 Å². The standard InChI is InChI=1S/C9H17N3O3S2/c1-7(6-17(2)14)10-3-8(13)5-15-9-4-11-16-12-9/h4,7-8,10,13H,3,5-6H2,1-2H3. The molecule has 6 nitrogen and oxygen atoms in total. The molecule has 98 valence electrons. The van der Waals surface area contributed by atoms with Gasteiger partial charge in [-0.25, -0.2) is 0 Å². The Morgan fingerprint density at radius 2 is 2.47 bits per heavy atom. The van der Waals surface area contributed by atoms with E-state index in [4.69, 9.17) is 4.74 Å². The lowest BCUT2D eigenvalue weighted by atomic mass is 10.3. The van der Waals surface area contributed by atoms with Gasteiger partial charge in [0.05, 0.1) is 11.7 Å². The Hall–Kier alpha value is -0.570. The molecule has 1 aromatic heterocycles. The number of nitrogens with zero attached hydrogens (tertiary/aromatic N) is 2. The highest BCUT2D eigenvalue weighted by Gasteiger charge is 2.09. The molecular weight excluding hydrogens is 262 g/mol. The molecule has 1 heterocycles. The zero-order valence-electron chi connectivity index (χ0n) is 9.83. The fourth-order valence-electron chi connectivity index (χ4n) is 1.21. The molecule has 3 atom stereocenters. The predicted octanol–water partition coefficient (Wildman–Crippen LogP) is -0.366. The van der Waals surface area contributed by atoms with E-state index in [-0.39, 0.29) is 12.6 Å². The summed E-state index contributed by atoms with van der Waals surface area (Å²) >= 11 is 1.06. The van der Waals surface area contributed by atoms with E-state index in [1.807, 2.05) is 6.92 Å². The van der Waals surface area contributed by atoms with E-state index >= 15 is 0 Å². The van der Waals surface area contributed by atoms with E-state index in [1.165, 1.54) is 6.20 Å². The highest BCUT2D eigenvalue weighted by atomic mass is 32.2. The molecule has 3 unspecified atom stereocenters. The van der Waals surface area contributed by atoms with E-state index in [0.29, 0.717) is 18.2 Å². The molecule has 0 aromatic carbocycles. The zero-order chi connectivity index (χ0) is 12.7. The first-order chi connectivity index (χ1) is 8.08. The van der Waals surface area contributed by atoms with Gasteiger partial charge in [-0.05, 0) is 6.92 Å². The lowest BCUT2D eigenvalue weighted by Gasteiger charge is -2.16. The van der Waals surface area contributed by atoms with Gasteiger partial charge in [0.15, 0.2) is 0 Å². The number of nitrogens with one attached hydrogen (secondary N) is 1. The monoisotopic (exact) mass is 279 g/mol. The van der Waals surface area contributed by atoms with Crippen LogP contribution in [0.2, 0.25) is 0 Å². The molecule has 0 radical (unpaired) electrons. The third kappa shape index (κ3) is 6.67. The van der Waals surface area contributed by atoms with Gasteiger partial charge in [-0.3, -0.25) is 4.21 Å². The summed E-state index contributed by atoms with van der Waals surface area (Å²) in [4.78, 5) is 0. The summed E-state index contributed by atoms with van der Waals surface area (Å²) < 4.78 is 23.8. The molecule has 0 spiro atoms. The second kappa shape index (κ2) is 7.70. The van der Waals surface area contributed by atoms with Gasteiger partial charge in [0.1, 0.15) is 18.9 Å². The molecule has 0 aliphatic heterocycles. The second-order valence-electron chi connectivity index (χ2n) is 3.76. The summed E-state index contributed by atoms with van der Waals surface area (Å²) in [6, 6.07) is 0.108. The van der Waals surface area contributed by atoms with E-state index in [2.05, 4.69) is 14.1 Å². The quantitative estimate of drug-likeness (QED) is 0.676. The number of hydrogen-bond acceptors (Lipinski definition) is 7. The zero-order valence-corrected chi connectivity index (χ0v) is 11.5. The van der Waals surface area contributed by atoms with Crippen molar-refractivity contribution in [1.29, 1.82) is 0 Å². The second-order valence-corrected chi connectivity index (χ2v) is 5.80. The average Bonchev–Trinajstić information content (AvgIpc) is 2.75. The average molecular weight is 279 g/mol. The van der Waals surface area contributed by atoms with Gasteiger partial charge in [0.25, 0.3) is 0 Å². The van der Waals surface area contributed by atoms with Crippen molar-refractivity contribution in [3.05, 3.63) is 6.20 Å². The summed E-state index contributed by atoms with van der Waals surface area (Å²) in [6.45, 7) is 2.50. The van der Waals surface area contributed by atoms with Crippen LogP contribution in [0.4, 0.5) is 0 Å². The maximum Gasteiger partial charge on any atom is 0.245 e. The van der Waals surface area contributed by atoms with E-state index < -0.39 is 16.9 Å². The normalized spacial score (nSPS) is 16.4. The molecule has 0 aliphatic rings. The first-order valence-corrected chi connectivity index (χ1v) is 7.65. The Balaban J connectivity index is 2.12. The lowest BCUT2D eigenvalue weighted by molar-refractivity contribution is 0.103. The largest absolute Gasteiger partial charge is 0.473 e. The van der Waals surface area contributed by atoms with Crippen LogP contribution >= 0.6 is 11.7 Å². The van der Waals surface area contributed by atoms with Crippen molar-refractivity contribution >= 4 is 22.5 Å². The fraction of sp³-hybridized carbons (Fsp3) is 0.778. The maximum atomic E-state index is 10.9. The lowest BCUT2D eigenvalue weighted by Crippen LogP contribution is -2.39. The molecule has 1 rings (SSSR count). The molecule has 8 heteroatoms. The Kier molecular flexibility index (Phi) is 6.56. The summed E-state index contributed by atoms with van der Waals surface area (Å²) in [7, 11) is -0.831. The van der Waals surface area contributed by atoms with E-state index in [9.17, 15) is 9.32 Å². The minimum absolute atomic E-state index is 0.108. The molecule has 0 saturated carbocycles. The highest BCUT2D eigenvalue weighted by molar-refractivity contribution is 7.84. The van der Waals surface area contributed by atoms with Gasteiger partial charge in [0, 0.05) is 35.4 Å².